The van der Waals surface area contributed by atoms with E-state index in [1.807, 2.05) is 18.2 Å². The summed E-state index contributed by atoms with van der Waals surface area (Å²) in [4.78, 5) is 0. The first-order valence-corrected chi connectivity index (χ1v) is 4.09. The summed E-state index contributed by atoms with van der Waals surface area (Å²) in [6, 6.07) is 8.63. The van der Waals surface area contributed by atoms with Crippen LogP contribution in [0, 0.1) is 6.07 Å². The molecule has 0 saturated carbocycles. The van der Waals surface area contributed by atoms with Gasteiger partial charge in [0.25, 0.3) is 0 Å². The lowest BCUT2D eigenvalue weighted by atomic mass is 10.0. The first-order valence-electron chi connectivity index (χ1n) is 4.09. The van der Waals surface area contributed by atoms with Gasteiger partial charge in [0, 0.05) is 11.6 Å². The second-order valence-corrected chi connectivity index (χ2v) is 2.68. The van der Waals surface area contributed by atoms with E-state index < -0.39 is 0 Å². The van der Waals surface area contributed by atoms with Crippen molar-refractivity contribution in [1.29, 1.82) is 0 Å². The molecule has 0 bridgehead atoms. The maximum absolute atomic E-state index is 5.88. The highest BCUT2D eigenvalue weighted by Crippen LogP contribution is 2.24. The molecule has 1 aromatic rings. The van der Waals surface area contributed by atoms with E-state index in [2.05, 4.69) is 13.0 Å². The summed E-state index contributed by atoms with van der Waals surface area (Å²) in [6.07, 6.45) is 0.917. The molecule has 1 aromatic carbocycles. The molecule has 1 unspecified atom stereocenters. The minimum Gasteiger partial charge on any atom is -0.496 e. The van der Waals surface area contributed by atoms with Crippen molar-refractivity contribution in [3.05, 3.63) is 29.8 Å². The number of ether oxygens (including phenoxy) is 1. The van der Waals surface area contributed by atoms with Crippen molar-refractivity contribution in [2.75, 3.05) is 7.11 Å². The van der Waals surface area contributed by atoms with E-state index in [9.17, 15) is 0 Å². The van der Waals surface area contributed by atoms with Gasteiger partial charge in [0.1, 0.15) is 5.75 Å². The predicted molar refractivity (Wildman–Crippen MR) is 49.0 cm³/mol. The molecule has 2 heteroatoms. The molecule has 1 rings (SSSR count). The second kappa shape index (κ2) is 4.12. The van der Waals surface area contributed by atoms with Crippen molar-refractivity contribution in [2.24, 2.45) is 5.73 Å². The van der Waals surface area contributed by atoms with Crippen molar-refractivity contribution in [1.82, 2.24) is 0 Å². The lowest BCUT2D eigenvalue weighted by Gasteiger charge is -2.12. The van der Waals surface area contributed by atoms with Crippen LogP contribution in [0.5, 0.6) is 5.75 Å². The molecule has 1 radical (unpaired) electrons. The van der Waals surface area contributed by atoms with Crippen molar-refractivity contribution in [2.45, 2.75) is 19.4 Å². The summed E-state index contributed by atoms with van der Waals surface area (Å²) < 4.78 is 5.16. The third-order valence-corrected chi connectivity index (χ3v) is 1.92. The SMILES string of the molecule is CCC(N)c1cc[c]cc1OC. The van der Waals surface area contributed by atoms with Gasteiger partial charge < -0.3 is 10.5 Å². The summed E-state index contributed by atoms with van der Waals surface area (Å²) >= 11 is 0. The normalized spacial score (nSPS) is 12.6. The maximum atomic E-state index is 5.88. The van der Waals surface area contributed by atoms with Gasteiger partial charge in [0.2, 0.25) is 0 Å². The topological polar surface area (TPSA) is 35.2 Å². The summed E-state index contributed by atoms with van der Waals surface area (Å²) in [5, 5.41) is 0. The summed E-state index contributed by atoms with van der Waals surface area (Å²) in [7, 11) is 1.65. The van der Waals surface area contributed by atoms with Gasteiger partial charge in [0.15, 0.2) is 0 Å². The molecule has 1 atom stereocenters. The quantitative estimate of drug-likeness (QED) is 0.740. The van der Waals surface area contributed by atoms with Gasteiger partial charge in [-0.05, 0) is 18.6 Å². The smallest absolute Gasteiger partial charge is 0.124 e. The molecule has 2 N–H and O–H groups in total. The van der Waals surface area contributed by atoms with Crippen LogP contribution in [0.2, 0.25) is 0 Å². The third-order valence-electron chi connectivity index (χ3n) is 1.92. The molecule has 0 heterocycles. The highest BCUT2D eigenvalue weighted by molar-refractivity contribution is 5.34. The number of hydrogen-bond donors (Lipinski definition) is 1. The molecule has 0 aliphatic rings. The monoisotopic (exact) mass is 164 g/mol. The number of benzene rings is 1. The minimum atomic E-state index is 0.0644. The second-order valence-electron chi connectivity index (χ2n) is 2.68. The van der Waals surface area contributed by atoms with Crippen LogP contribution in [0.15, 0.2) is 18.2 Å². The van der Waals surface area contributed by atoms with Crippen molar-refractivity contribution in [3.8, 4) is 5.75 Å². The highest BCUT2D eigenvalue weighted by Gasteiger charge is 2.07. The molecule has 0 aromatic heterocycles. The molecule has 0 spiro atoms. The standard InChI is InChI=1S/C10H14NO/c1-3-9(11)8-6-4-5-7-10(8)12-2/h4,6-7,9H,3,11H2,1-2H3. The van der Waals surface area contributed by atoms with Crippen LogP contribution in [-0.4, -0.2) is 7.11 Å². The van der Waals surface area contributed by atoms with E-state index in [0.717, 1.165) is 17.7 Å². The first kappa shape index (κ1) is 9.07. The van der Waals surface area contributed by atoms with Gasteiger partial charge in [0.05, 0.1) is 7.11 Å². The third kappa shape index (κ3) is 1.77. The Morgan fingerprint density at radius 3 is 3.00 bits per heavy atom. The van der Waals surface area contributed by atoms with Crippen molar-refractivity contribution < 1.29 is 4.74 Å². The van der Waals surface area contributed by atoms with Crippen LogP contribution in [0.1, 0.15) is 24.9 Å². The summed E-state index contributed by atoms with van der Waals surface area (Å²) in [6.45, 7) is 2.06. The van der Waals surface area contributed by atoms with Crippen LogP contribution in [0.3, 0.4) is 0 Å². The van der Waals surface area contributed by atoms with Crippen LogP contribution in [0.4, 0.5) is 0 Å². The average molecular weight is 164 g/mol. The fourth-order valence-corrected chi connectivity index (χ4v) is 1.13. The highest BCUT2D eigenvalue weighted by atomic mass is 16.5. The predicted octanol–water partition coefficient (Wildman–Crippen LogP) is 1.91. The zero-order valence-corrected chi connectivity index (χ0v) is 7.50. The minimum absolute atomic E-state index is 0.0644. The van der Waals surface area contributed by atoms with Gasteiger partial charge in [-0.1, -0.05) is 19.1 Å². The number of nitrogens with two attached hydrogens (primary N) is 1. The Labute approximate surface area is 73.3 Å². The Hall–Kier alpha value is -1.02. The fraction of sp³-hybridized carbons (Fsp3) is 0.400. The van der Waals surface area contributed by atoms with Gasteiger partial charge in [-0.15, -0.1) is 0 Å². The first-order chi connectivity index (χ1) is 5.79. The van der Waals surface area contributed by atoms with Gasteiger partial charge in [-0.2, -0.15) is 0 Å². The molecule has 0 amide bonds. The Bertz CT molecular complexity index is 247. The lowest BCUT2D eigenvalue weighted by Crippen LogP contribution is -2.09. The van der Waals surface area contributed by atoms with E-state index in [1.165, 1.54) is 0 Å². The van der Waals surface area contributed by atoms with Crippen molar-refractivity contribution in [3.63, 3.8) is 0 Å². The number of hydrogen-bond acceptors (Lipinski definition) is 2. The molecular weight excluding hydrogens is 150 g/mol. The van der Waals surface area contributed by atoms with Gasteiger partial charge in [-0.3, -0.25) is 0 Å². The molecule has 2 nitrogen and oxygen atoms in total. The maximum Gasteiger partial charge on any atom is 0.124 e. The average Bonchev–Trinajstić information content (AvgIpc) is 2.16. The van der Waals surface area contributed by atoms with Gasteiger partial charge in [-0.25, -0.2) is 0 Å². The lowest BCUT2D eigenvalue weighted by molar-refractivity contribution is 0.405. The van der Waals surface area contributed by atoms with Crippen molar-refractivity contribution >= 4 is 0 Å². The Kier molecular flexibility index (Phi) is 3.11. The van der Waals surface area contributed by atoms with Crippen LogP contribution < -0.4 is 10.5 Å². The molecule has 0 aliphatic carbocycles. The molecule has 0 aliphatic heterocycles. The van der Waals surface area contributed by atoms with Crippen LogP contribution in [-0.2, 0) is 0 Å². The molecule has 12 heavy (non-hydrogen) atoms. The molecule has 65 valence electrons. The zero-order chi connectivity index (χ0) is 8.97. The van der Waals surface area contributed by atoms with E-state index in [-0.39, 0.29) is 6.04 Å². The van der Waals surface area contributed by atoms with E-state index in [4.69, 9.17) is 10.5 Å². The summed E-state index contributed by atoms with van der Waals surface area (Å²) in [5.74, 6) is 0.826. The van der Waals surface area contributed by atoms with E-state index in [0.29, 0.717) is 0 Å². The zero-order valence-electron chi connectivity index (χ0n) is 7.50. The van der Waals surface area contributed by atoms with E-state index >= 15 is 0 Å². The molecule has 0 saturated heterocycles. The van der Waals surface area contributed by atoms with Crippen LogP contribution >= 0.6 is 0 Å². The van der Waals surface area contributed by atoms with Gasteiger partial charge >= 0.3 is 0 Å². The Morgan fingerprint density at radius 2 is 2.42 bits per heavy atom. The van der Waals surface area contributed by atoms with E-state index in [1.54, 1.807) is 7.11 Å². The Balaban J connectivity index is 2.96. The number of methoxy groups -OCH3 is 1. The summed E-state index contributed by atoms with van der Waals surface area (Å²) in [5.41, 5.74) is 6.93. The van der Waals surface area contributed by atoms with Crippen LogP contribution in [0.25, 0.3) is 0 Å². The molecular formula is C10H14NO. The largest absolute Gasteiger partial charge is 0.496 e. The molecule has 0 fully saturated rings. The number of rotatable bonds is 3. The Morgan fingerprint density at radius 1 is 1.67 bits per heavy atom. The fourth-order valence-electron chi connectivity index (χ4n) is 1.13.